The second-order valence-corrected chi connectivity index (χ2v) is 15.4. The summed E-state index contributed by atoms with van der Waals surface area (Å²) in [5.74, 6) is 4.29. The van der Waals surface area contributed by atoms with Crippen LogP contribution in [0.1, 0.15) is 120 Å². The highest BCUT2D eigenvalue weighted by Crippen LogP contribution is 2.83. The van der Waals surface area contributed by atoms with Crippen molar-refractivity contribution in [2.75, 3.05) is 0 Å². The molecule has 0 aromatic rings. The Kier molecular flexibility index (Phi) is 4.13. The van der Waals surface area contributed by atoms with Crippen LogP contribution < -0.4 is 0 Å². The lowest BCUT2D eigenvalue weighted by Crippen LogP contribution is -2.69. The van der Waals surface area contributed by atoms with Gasteiger partial charge in [0, 0.05) is 5.41 Å². The highest BCUT2D eigenvalue weighted by molar-refractivity contribution is 5.32. The lowest BCUT2D eigenvalue weighted by Gasteiger charge is -2.71. The third-order valence-corrected chi connectivity index (χ3v) is 14.0. The van der Waals surface area contributed by atoms with Crippen LogP contribution in [0.5, 0.6) is 0 Å². The molecule has 0 bridgehead atoms. The van der Waals surface area contributed by atoms with Crippen LogP contribution in [0.4, 0.5) is 0 Å². The topological polar surface area (TPSA) is 12.5 Å². The summed E-state index contributed by atoms with van der Waals surface area (Å²) in [5, 5.41) is 0. The van der Waals surface area contributed by atoms with E-state index in [2.05, 4.69) is 55.4 Å². The van der Waals surface area contributed by atoms with Crippen molar-refractivity contribution in [3.8, 4) is 0 Å². The maximum absolute atomic E-state index is 7.11. The fourth-order valence-corrected chi connectivity index (χ4v) is 12.5. The molecule has 0 amide bonds. The van der Waals surface area contributed by atoms with E-state index in [9.17, 15) is 0 Å². The van der Waals surface area contributed by atoms with Crippen molar-refractivity contribution in [2.45, 2.75) is 131 Å². The monoisotopic (exact) mass is 426 g/mol. The number of epoxide rings is 1. The molecule has 1 aliphatic heterocycles. The second kappa shape index (κ2) is 5.95. The Morgan fingerprint density at radius 3 is 2.16 bits per heavy atom. The van der Waals surface area contributed by atoms with Crippen LogP contribution in [0.15, 0.2) is 0 Å². The Labute approximate surface area is 192 Å². The molecule has 0 N–H and O–H groups in total. The van der Waals surface area contributed by atoms with Gasteiger partial charge in [0.25, 0.3) is 0 Å². The summed E-state index contributed by atoms with van der Waals surface area (Å²) >= 11 is 0. The van der Waals surface area contributed by atoms with Crippen molar-refractivity contribution in [1.29, 1.82) is 0 Å². The Hall–Kier alpha value is -0.0400. The maximum Gasteiger partial charge on any atom is 0.104 e. The fourth-order valence-electron chi connectivity index (χ4n) is 12.5. The van der Waals surface area contributed by atoms with Crippen molar-refractivity contribution in [1.82, 2.24) is 0 Å². The summed E-state index contributed by atoms with van der Waals surface area (Å²) < 4.78 is 7.11. The lowest BCUT2D eigenvalue weighted by atomic mass is 9.32. The van der Waals surface area contributed by atoms with Gasteiger partial charge in [-0.25, -0.2) is 0 Å². The SMILES string of the molecule is CC(C)[C@H]1CC[C@@H]2[C@]1(C)CC[C@]1(C)[C@]23O[C@H]3C[C@@H]2[C@@]3(C)CCCC(C)(C)[C@@H]3CC[C@]21C. The molecule has 5 aliphatic carbocycles. The molecule has 0 aromatic carbocycles. The molecule has 0 aromatic heterocycles. The van der Waals surface area contributed by atoms with Crippen LogP contribution in [-0.2, 0) is 4.74 Å². The first-order chi connectivity index (χ1) is 14.4. The molecule has 0 radical (unpaired) electrons. The molecule has 0 unspecified atom stereocenters. The highest BCUT2D eigenvalue weighted by atomic mass is 16.6. The first-order valence-corrected chi connectivity index (χ1v) is 14.0. The molecule has 176 valence electrons. The molecule has 6 rings (SSSR count). The first-order valence-electron chi connectivity index (χ1n) is 14.0. The van der Waals surface area contributed by atoms with E-state index >= 15 is 0 Å². The predicted molar refractivity (Wildman–Crippen MR) is 129 cm³/mol. The second-order valence-electron chi connectivity index (χ2n) is 15.4. The van der Waals surface area contributed by atoms with Gasteiger partial charge in [0.15, 0.2) is 0 Å². The van der Waals surface area contributed by atoms with Gasteiger partial charge in [-0.15, -0.1) is 0 Å². The van der Waals surface area contributed by atoms with Crippen LogP contribution >= 0.6 is 0 Å². The quantitative estimate of drug-likeness (QED) is 0.384. The molecular formula is C30H50O. The smallest absolute Gasteiger partial charge is 0.104 e. The zero-order chi connectivity index (χ0) is 22.2. The average molecular weight is 427 g/mol. The van der Waals surface area contributed by atoms with Gasteiger partial charge in [-0.1, -0.05) is 61.8 Å². The summed E-state index contributed by atoms with van der Waals surface area (Å²) in [4.78, 5) is 0. The van der Waals surface area contributed by atoms with E-state index in [0.717, 1.165) is 29.6 Å². The third-order valence-electron chi connectivity index (χ3n) is 14.0. The van der Waals surface area contributed by atoms with Crippen LogP contribution in [0.2, 0.25) is 0 Å². The minimum Gasteiger partial charge on any atom is -0.365 e. The molecular weight excluding hydrogens is 376 g/mol. The molecule has 1 spiro atoms. The van der Waals surface area contributed by atoms with Gasteiger partial charge in [-0.05, 0) is 109 Å². The highest BCUT2D eigenvalue weighted by Gasteiger charge is 2.84. The number of ether oxygens (including phenoxy) is 1. The molecule has 5 saturated carbocycles. The van der Waals surface area contributed by atoms with E-state index in [4.69, 9.17) is 4.74 Å². The number of hydrogen-bond donors (Lipinski definition) is 0. The van der Waals surface area contributed by atoms with Crippen molar-refractivity contribution < 1.29 is 4.74 Å². The van der Waals surface area contributed by atoms with Gasteiger partial charge < -0.3 is 4.74 Å². The Morgan fingerprint density at radius 1 is 0.710 bits per heavy atom. The fraction of sp³-hybridized carbons (Fsp3) is 1.00. The van der Waals surface area contributed by atoms with E-state index in [1.54, 1.807) is 0 Å². The van der Waals surface area contributed by atoms with Crippen molar-refractivity contribution in [3.05, 3.63) is 0 Å². The standard InChI is InChI=1S/C30H50O/c1-19(2)20-10-11-22-26(20,5)16-17-29(8)28(7)15-12-21-25(3,4)13-9-14-27(21,6)23(28)18-24-30(22,29)31-24/h19-24H,9-18H2,1-8H3/t20-,21+,22-,23-,24+,26-,27+,28-,29+,30+/m1/s1. The van der Waals surface area contributed by atoms with Gasteiger partial charge in [0.05, 0.1) is 6.10 Å². The van der Waals surface area contributed by atoms with Gasteiger partial charge in [0.2, 0.25) is 0 Å². The molecule has 10 atom stereocenters. The maximum atomic E-state index is 7.11. The van der Waals surface area contributed by atoms with E-state index in [1.165, 1.54) is 64.2 Å². The molecule has 1 saturated heterocycles. The van der Waals surface area contributed by atoms with Gasteiger partial charge in [-0.3, -0.25) is 0 Å². The average Bonchev–Trinajstić information content (AvgIpc) is 3.28. The van der Waals surface area contributed by atoms with Crippen LogP contribution in [0.25, 0.3) is 0 Å². The number of fused-ring (bicyclic) bond motifs is 5. The lowest BCUT2D eigenvalue weighted by molar-refractivity contribution is -0.223. The summed E-state index contributed by atoms with van der Waals surface area (Å²) in [7, 11) is 0. The molecule has 6 aliphatic rings. The van der Waals surface area contributed by atoms with Crippen molar-refractivity contribution >= 4 is 0 Å². The first kappa shape index (κ1) is 21.5. The zero-order valence-corrected chi connectivity index (χ0v) is 21.9. The Bertz CT molecular complexity index is 783. The van der Waals surface area contributed by atoms with Gasteiger partial charge in [-0.2, -0.15) is 0 Å². The number of rotatable bonds is 1. The van der Waals surface area contributed by atoms with Crippen molar-refractivity contribution in [2.24, 2.45) is 56.7 Å². The molecule has 1 nitrogen and oxygen atoms in total. The van der Waals surface area contributed by atoms with Crippen LogP contribution in [-0.4, -0.2) is 11.7 Å². The Morgan fingerprint density at radius 2 is 1.45 bits per heavy atom. The molecule has 6 fully saturated rings. The summed E-state index contributed by atoms with van der Waals surface area (Å²) in [5.41, 5.74) is 2.60. The van der Waals surface area contributed by atoms with E-state index in [-0.39, 0.29) is 5.60 Å². The van der Waals surface area contributed by atoms with Crippen LogP contribution in [0, 0.1) is 56.7 Å². The summed E-state index contributed by atoms with van der Waals surface area (Å²) in [6, 6.07) is 0. The van der Waals surface area contributed by atoms with Gasteiger partial charge in [0.1, 0.15) is 5.60 Å². The molecule has 1 heteroatoms. The summed E-state index contributed by atoms with van der Waals surface area (Å²) in [6.07, 6.45) is 14.9. The normalized spacial score (nSPS) is 61.6. The predicted octanol–water partition coefficient (Wildman–Crippen LogP) is 8.27. The largest absolute Gasteiger partial charge is 0.365 e. The third kappa shape index (κ3) is 2.21. The van der Waals surface area contributed by atoms with Crippen LogP contribution in [0.3, 0.4) is 0 Å². The van der Waals surface area contributed by atoms with E-state index in [1.807, 2.05) is 0 Å². The minimum absolute atomic E-state index is 0.211. The minimum atomic E-state index is 0.211. The summed E-state index contributed by atoms with van der Waals surface area (Å²) in [6.45, 7) is 21.1. The zero-order valence-electron chi connectivity index (χ0n) is 21.9. The Balaban J connectivity index is 1.42. The van der Waals surface area contributed by atoms with E-state index in [0.29, 0.717) is 33.2 Å². The van der Waals surface area contributed by atoms with E-state index < -0.39 is 0 Å². The molecule has 1 heterocycles. The number of hydrogen-bond acceptors (Lipinski definition) is 1. The molecule has 31 heavy (non-hydrogen) atoms. The van der Waals surface area contributed by atoms with Crippen molar-refractivity contribution in [3.63, 3.8) is 0 Å². The van der Waals surface area contributed by atoms with Gasteiger partial charge >= 0.3 is 0 Å².